The monoisotopic (exact) mass is 216 g/mol. The van der Waals surface area contributed by atoms with Crippen LogP contribution in [0.1, 0.15) is 26.7 Å². The van der Waals surface area contributed by atoms with Crippen LogP contribution in [0.25, 0.3) is 0 Å². The zero-order valence-electron chi connectivity index (χ0n) is 9.47. The van der Waals surface area contributed by atoms with Crippen LogP contribution in [0.15, 0.2) is 0 Å². The van der Waals surface area contributed by atoms with Crippen molar-refractivity contribution in [1.82, 2.24) is 10.6 Å². The van der Waals surface area contributed by atoms with Crippen LogP contribution in [0.4, 0.5) is 0 Å². The van der Waals surface area contributed by atoms with Gasteiger partial charge >= 0.3 is 5.97 Å². The van der Waals surface area contributed by atoms with Crippen LogP contribution in [0.2, 0.25) is 0 Å². The van der Waals surface area contributed by atoms with Gasteiger partial charge in [-0.1, -0.05) is 6.92 Å². The lowest BCUT2D eigenvalue weighted by Gasteiger charge is -2.05. The van der Waals surface area contributed by atoms with E-state index in [0.717, 1.165) is 6.42 Å². The molecule has 0 aromatic heterocycles. The molecule has 0 atom stereocenters. The third kappa shape index (κ3) is 9.21. The van der Waals surface area contributed by atoms with Crippen LogP contribution in [-0.2, 0) is 14.3 Å². The lowest BCUT2D eigenvalue weighted by Crippen LogP contribution is -2.31. The molecule has 0 radical (unpaired) electrons. The predicted molar refractivity (Wildman–Crippen MR) is 57.4 cm³/mol. The quantitative estimate of drug-likeness (QED) is 0.444. The minimum Gasteiger partial charge on any atom is -0.465 e. The van der Waals surface area contributed by atoms with Crippen molar-refractivity contribution in [1.29, 1.82) is 0 Å². The first-order valence-electron chi connectivity index (χ1n) is 5.33. The number of carbonyl (C=O) groups is 2. The lowest BCUT2D eigenvalue weighted by molar-refractivity contribution is -0.142. The van der Waals surface area contributed by atoms with E-state index in [-0.39, 0.29) is 18.4 Å². The Morgan fingerprint density at radius 2 is 1.93 bits per heavy atom. The van der Waals surface area contributed by atoms with Gasteiger partial charge in [0.25, 0.3) is 0 Å². The Labute approximate surface area is 90.6 Å². The second-order valence-electron chi connectivity index (χ2n) is 3.08. The van der Waals surface area contributed by atoms with Gasteiger partial charge in [0, 0.05) is 19.5 Å². The summed E-state index contributed by atoms with van der Waals surface area (Å²) in [4.78, 5) is 22.0. The first-order valence-corrected chi connectivity index (χ1v) is 5.33. The fourth-order valence-corrected chi connectivity index (χ4v) is 0.957. The van der Waals surface area contributed by atoms with Crippen molar-refractivity contribution in [2.45, 2.75) is 26.7 Å². The smallest absolute Gasteiger partial charge is 0.319 e. The maximum Gasteiger partial charge on any atom is 0.319 e. The molecule has 0 heterocycles. The molecule has 15 heavy (non-hydrogen) atoms. The number of carbonyl (C=O) groups excluding carboxylic acids is 2. The van der Waals surface area contributed by atoms with Gasteiger partial charge in [0.05, 0.1) is 13.2 Å². The summed E-state index contributed by atoms with van der Waals surface area (Å²) in [6.07, 6.45) is 1.32. The Hall–Kier alpha value is -1.10. The highest BCUT2D eigenvalue weighted by Crippen LogP contribution is 1.80. The molecule has 0 aromatic carbocycles. The van der Waals surface area contributed by atoms with Crippen LogP contribution >= 0.6 is 0 Å². The molecular weight excluding hydrogens is 196 g/mol. The molecule has 0 spiro atoms. The maximum atomic E-state index is 11.1. The van der Waals surface area contributed by atoms with E-state index in [1.54, 1.807) is 6.92 Å². The van der Waals surface area contributed by atoms with E-state index >= 15 is 0 Å². The maximum absolute atomic E-state index is 11.1. The van der Waals surface area contributed by atoms with Crippen molar-refractivity contribution in [3.8, 4) is 0 Å². The van der Waals surface area contributed by atoms with Crippen molar-refractivity contribution in [3.05, 3.63) is 0 Å². The molecule has 0 bridgehead atoms. The van der Waals surface area contributed by atoms with Crippen LogP contribution < -0.4 is 10.6 Å². The molecule has 0 aliphatic heterocycles. The molecular formula is C10H20N2O3. The molecule has 0 saturated heterocycles. The van der Waals surface area contributed by atoms with Crippen LogP contribution in [-0.4, -0.2) is 38.1 Å². The van der Waals surface area contributed by atoms with Crippen LogP contribution in [0.3, 0.4) is 0 Å². The number of hydrogen-bond acceptors (Lipinski definition) is 4. The molecule has 0 aliphatic carbocycles. The van der Waals surface area contributed by atoms with E-state index < -0.39 is 0 Å². The van der Waals surface area contributed by atoms with Gasteiger partial charge < -0.3 is 15.4 Å². The Bertz CT molecular complexity index is 195. The number of ether oxygens (including phenoxy) is 1. The highest BCUT2D eigenvalue weighted by Gasteiger charge is 2.02. The van der Waals surface area contributed by atoms with Gasteiger partial charge in [-0.15, -0.1) is 0 Å². The summed E-state index contributed by atoms with van der Waals surface area (Å²) in [7, 11) is 0. The summed E-state index contributed by atoms with van der Waals surface area (Å²) >= 11 is 0. The largest absolute Gasteiger partial charge is 0.465 e. The van der Waals surface area contributed by atoms with Crippen molar-refractivity contribution in [2.75, 3.05) is 26.2 Å². The average molecular weight is 216 g/mol. The summed E-state index contributed by atoms with van der Waals surface area (Å²) < 4.78 is 4.71. The van der Waals surface area contributed by atoms with E-state index in [1.165, 1.54) is 0 Å². The fraction of sp³-hybridized carbons (Fsp3) is 0.800. The SMILES string of the molecule is CCCNC(=O)CCNCC(=O)OCC. The van der Waals surface area contributed by atoms with E-state index in [1.807, 2.05) is 6.92 Å². The second kappa shape index (κ2) is 9.45. The summed E-state index contributed by atoms with van der Waals surface area (Å²) in [6, 6.07) is 0. The van der Waals surface area contributed by atoms with Gasteiger partial charge in [-0.25, -0.2) is 0 Å². The molecule has 0 rings (SSSR count). The molecule has 0 aliphatic rings. The standard InChI is InChI=1S/C10H20N2O3/c1-3-6-12-9(13)5-7-11-8-10(14)15-4-2/h11H,3-8H2,1-2H3,(H,12,13). The predicted octanol–water partition coefficient (Wildman–Crippen LogP) is 0.0554. The van der Waals surface area contributed by atoms with Crippen molar-refractivity contribution in [2.24, 2.45) is 0 Å². The Balaban J connectivity index is 3.30. The van der Waals surface area contributed by atoms with Crippen molar-refractivity contribution in [3.63, 3.8) is 0 Å². The number of rotatable bonds is 8. The number of esters is 1. The fourth-order valence-electron chi connectivity index (χ4n) is 0.957. The highest BCUT2D eigenvalue weighted by atomic mass is 16.5. The summed E-state index contributed by atoms with van der Waals surface area (Å²) in [5.41, 5.74) is 0. The van der Waals surface area contributed by atoms with E-state index in [0.29, 0.717) is 26.1 Å². The van der Waals surface area contributed by atoms with E-state index in [2.05, 4.69) is 10.6 Å². The third-order valence-electron chi connectivity index (χ3n) is 1.68. The molecule has 0 aromatic rings. The number of amides is 1. The summed E-state index contributed by atoms with van der Waals surface area (Å²) in [5, 5.41) is 5.59. The van der Waals surface area contributed by atoms with Gasteiger partial charge in [-0.05, 0) is 13.3 Å². The van der Waals surface area contributed by atoms with Gasteiger partial charge in [-0.2, -0.15) is 0 Å². The molecule has 5 nitrogen and oxygen atoms in total. The minimum atomic E-state index is -0.286. The number of hydrogen-bond donors (Lipinski definition) is 2. The van der Waals surface area contributed by atoms with Crippen LogP contribution in [0.5, 0.6) is 0 Å². The molecule has 88 valence electrons. The third-order valence-corrected chi connectivity index (χ3v) is 1.68. The van der Waals surface area contributed by atoms with Crippen molar-refractivity contribution < 1.29 is 14.3 Å². The van der Waals surface area contributed by atoms with E-state index in [9.17, 15) is 9.59 Å². The highest BCUT2D eigenvalue weighted by molar-refractivity contribution is 5.76. The minimum absolute atomic E-state index is 0.00760. The molecule has 0 saturated carbocycles. The Morgan fingerprint density at radius 3 is 2.53 bits per heavy atom. The summed E-state index contributed by atoms with van der Waals surface area (Å²) in [5.74, 6) is -0.278. The van der Waals surface area contributed by atoms with Gasteiger partial charge in [-0.3, -0.25) is 9.59 Å². The van der Waals surface area contributed by atoms with Gasteiger partial charge in [0.2, 0.25) is 5.91 Å². The first-order chi connectivity index (χ1) is 7.20. The topological polar surface area (TPSA) is 67.4 Å². The molecule has 5 heteroatoms. The van der Waals surface area contributed by atoms with E-state index in [4.69, 9.17) is 4.74 Å². The molecule has 2 N–H and O–H groups in total. The molecule has 0 unspecified atom stereocenters. The average Bonchev–Trinajstić information content (AvgIpc) is 2.22. The lowest BCUT2D eigenvalue weighted by atomic mass is 10.3. The Morgan fingerprint density at radius 1 is 1.20 bits per heavy atom. The molecule has 1 amide bonds. The normalized spacial score (nSPS) is 9.73. The zero-order valence-corrected chi connectivity index (χ0v) is 9.47. The second-order valence-corrected chi connectivity index (χ2v) is 3.08. The van der Waals surface area contributed by atoms with Crippen LogP contribution in [0, 0.1) is 0 Å². The van der Waals surface area contributed by atoms with Crippen molar-refractivity contribution >= 4 is 11.9 Å². The van der Waals surface area contributed by atoms with Gasteiger partial charge in [0.15, 0.2) is 0 Å². The first kappa shape index (κ1) is 13.9. The Kier molecular flexibility index (Phi) is 8.76. The summed E-state index contributed by atoms with van der Waals surface area (Å²) in [6.45, 7) is 5.51. The zero-order chi connectivity index (χ0) is 11.5. The number of nitrogens with one attached hydrogen (secondary N) is 2. The molecule has 0 fully saturated rings. The van der Waals surface area contributed by atoms with Gasteiger partial charge in [0.1, 0.15) is 0 Å².